The molecule has 6 heteroatoms. The number of methoxy groups -OCH3 is 1. The molecule has 0 spiro atoms. The van der Waals surface area contributed by atoms with Crippen LogP contribution in [0.3, 0.4) is 0 Å². The molecule has 1 amide bonds. The van der Waals surface area contributed by atoms with E-state index in [1.807, 2.05) is 12.1 Å². The van der Waals surface area contributed by atoms with Crippen molar-refractivity contribution >= 4 is 33.7 Å². The normalized spacial score (nSPS) is 18.8. The van der Waals surface area contributed by atoms with E-state index in [9.17, 15) is 9.59 Å². The van der Waals surface area contributed by atoms with Gasteiger partial charge in [0.05, 0.1) is 18.2 Å². The zero-order chi connectivity index (χ0) is 22.3. The molecule has 3 aromatic carbocycles. The van der Waals surface area contributed by atoms with Crippen molar-refractivity contribution < 1.29 is 19.1 Å². The lowest BCUT2D eigenvalue weighted by atomic mass is 9.80. The summed E-state index contributed by atoms with van der Waals surface area (Å²) in [4.78, 5) is 28.4. The number of fused-ring (bicyclic) bond motifs is 10. The average Bonchev–Trinajstić information content (AvgIpc) is 3.54. The minimum Gasteiger partial charge on any atom is -0.497 e. The van der Waals surface area contributed by atoms with Crippen LogP contribution in [0.25, 0.3) is 32.9 Å². The van der Waals surface area contributed by atoms with E-state index in [1.54, 1.807) is 7.11 Å². The Morgan fingerprint density at radius 2 is 1.91 bits per heavy atom. The molecule has 6 nitrogen and oxygen atoms in total. The summed E-state index contributed by atoms with van der Waals surface area (Å²) in [5, 5.41) is 5.26. The van der Waals surface area contributed by atoms with Crippen LogP contribution < -0.4 is 10.1 Å². The number of hydrogen-bond donors (Lipinski definition) is 2. The molecule has 1 aromatic heterocycles. The second-order valence-corrected chi connectivity index (χ2v) is 9.11. The molecule has 1 atom stereocenters. The number of nitrogens with one attached hydrogen (secondary N) is 2. The van der Waals surface area contributed by atoms with Gasteiger partial charge in [0.25, 0.3) is 5.91 Å². The Kier molecular flexibility index (Phi) is 3.75. The number of aromatic nitrogens is 1. The number of cyclic esters (lactones) is 1. The minimum atomic E-state index is -0.195. The van der Waals surface area contributed by atoms with E-state index in [-0.39, 0.29) is 18.0 Å². The van der Waals surface area contributed by atoms with Crippen molar-refractivity contribution in [3.05, 3.63) is 64.2 Å². The first-order valence-corrected chi connectivity index (χ1v) is 11.4. The molecule has 1 unspecified atom stereocenters. The molecule has 7 rings (SSSR count). The maximum Gasteiger partial charge on any atom is 0.306 e. The quantitative estimate of drug-likeness (QED) is 0.444. The molecule has 33 heavy (non-hydrogen) atoms. The number of ether oxygens (including phenoxy) is 2. The second-order valence-electron chi connectivity index (χ2n) is 9.11. The summed E-state index contributed by atoms with van der Waals surface area (Å²) in [6.45, 7) is 0.513. The first-order valence-electron chi connectivity index (χ1n) is 11.4. The fraction of sp³-hybridized carbons (Fsp3) is 0.259. The standard InChI is InChI=1S/C27H22N2O4/c1-32-15-4-6-16-13(10-15)2-5-17-23(16)25-19(12-28-27(25)31)24-18-11-14(21-8-9-22(30)33-21)3-7-20(18)29-26(17)24/h3-4,6-7,10-11,21,29H,2,5,8-9,12H2,1H3,(H,28,31). The highest BCUT2D eigenvalue weighted by Crippen LogP contribution is 2.46. The summed E-state index contributed by atoms with van der Waals surface area (Å²) in [7, 11) is 1.68. The van der Waals surface area contributed by atoms with E-state index in [0.717, 1.165) is 68.2 Å². The van der Waals surface area contributed by atoms with E-state index in [1.165, 1.54) is 11.1 Å². The third-order valence-electron chi connectivity index (χ3n) is 7.41. The smallest absolute Gasteiger partial charge is 0.306 e. The number of esters is 1. The van der Waals surface area contributed by atoms with Gasteiger partial charge in [-0.15, -0.1) is 0 Å². The van der Waals surface area contributed by atoms with Crippen molar-refractivity contribution in [2.45, 2.75) is 38.3 Å². The fourth-order valence-corrected chi connectivity index (χ4v) is 5.90. The van der Waals surface area contributed by atoms with Crippen LogP contribution in [-0.4, -0.2) is 24.0 Å². The summed E-state index contributed by atoms with van der Waals surface area (Å²) in [6, 6.07) is 12.4. The molecule has 2 aliphatic heterocycles. The number of benzene rings is 3. The van der Waals surface area contributed by atoms with Crippen LogP contribution in [0.5, 0.6) is 5.75 Å². The third-order valence-corrected chi connectivity index (χ3v) is 7.41. The number of H-pyrrole nitrogens is 1. The maximum absolute atomic E-state index is 13.1. The van der Waals surface area contributed by atoms with Crippen molar-refractivity contribution in [2.24, 2.45) is 0 Å². The Morgan fingerprint density at radius 3 is 2.73 bits per heavy atom. The van der Waals surface area contributed by atoms with Gasteiger partial charge in [-0.3, -0.25) is 9.59 Å². The zero-order valence-corrected chi connectivity index (χ0v) is 18.2. The first-order chi connectivity index (χ1) is 16.1. The largest absolute Gasteiger partial charge is 0.497 e. The van der Waals surface area contributed by atoms with Gasteiger partial charge in [-0.1, -0.05) is 12.1 Å². The number of rotatable bonds is 2. The summed E-state index contributed by atoms with van der Waals surface area (Å²) < 4.78 is 11.0. The molecule has 2 N–H and O–H groups in total. The lowest BCUT2D eigenvalue weighted by Gasteiger charge is -2.23. The predicted molar refractivity (Wildman–Crippen MR) is 124 cm³/mol. The van der Waals surface area contributed by atoms with E-state index in [4.69, 9.17) is 9.47 Å². The van der Waals surface area contributed by atoms with Crippen LogP contribution in [0, 0.1) is 0 Å². The lowest BCUT2D eigenvalue weighted by Crippen LogP contribution is -2.15. The average molecular weight is 438 g/mol. The first kappa shape index (κ1) is 18.7. The predicted octanol–water partition coefficient (Wildman–Crippen LogP) is 4.72. The van der Waals surface area contributed by atoms with Gasteiger partial charge in [-0.2, -0.15) is 0 Å². The lowest BCUT2D eigenvalue weighted by molar-refractivity contribution is -0.141. The van der Waals surface area contributed by atoms with Gasteiger partial charge in [0.2, 0.25) is 0 Å². The van der Waals surface area contributed by atoms with E-state index in [0.29, 0.717) is 19.4 Å². The van der Waals surface area contributed by atoms with E-state index >= 15 is 0 Å². The van der Waals surface area contributed by atoms with Crippen molar-refractivity contribution in [3.8, 4) is 16.9 Å². The minimum absolute atomic E-state index is 0.0120. The van der Waals surface area contributed by atoms with Crippen molar-refractivity contribution in [1.29, 1.82) is 0 Å². The highest BCUT2D eigenvalue weighted by molar-refractivity contribution is 6.19. The SMILES string of the molecule is COc1ccc2c(c1)CCc1c-2c2c(c3c1[nH]c1ccc(C4CCC(=O)O4)cc13)CNC2=O. The Balaban J connectivity index is 1.53. The molecular weight excluding hydrogens is 416 g/mol. The molecular formula is C27H22N2O4. The maximum atomic E-state index is 13.1. The van der Waals surface area contributed by atoms with E-state index in [2.05, 4.69) is 34.6 Å². The molecule has 3 heterocycles. The Bertz CT molecular complexity index is 1530. The number of aromatic amines is 1. The summed E-state index contributed by atoms with van der Waals surface area (Å²) in [5.74, 6) is 0.686. The zero-order valence-electron chi connectivity index (χ0n) is 18.2. The number of aryl methyl sites for hydroxylation is 2. The molecule has 3 aliphatic rings. The van der Waals surface area contributed by atoms with Crippen LogP contribution in [0.4, 0.5) is 0 Å². The molecule has 0 radical (unpaired) electrons. The van der Waals surface area contributed by atoms with Gasteiger partial charge in [0, 0.05) is 34.8 Å². The van der Waals surface area contributed by atoms with Gasteiger partial charge in [0.15, 0.2) is 0 Å². The van der Waals surface area contributed by atoms with Crippen LogP contribution in [0.1, 0.15) is 51.6 Å². The Morgan fingerprint density at radius 1 is 1.00 bits per heavy atom. The number of hydrogen-bond acceptors (Lipinski definition) is 4. The number of carbonyl (C=O) groups is 2. The molecule has 4 aromatic rings. The van der Waals surface area contributed by atoms with Crippen LogP contribution in [-0.2, 0) is 28.9 Å². The van der Waals surface area contributed by atoms with Crippen LogP contribution in [0.15, 0.2) is 36.4 Å². The summed E-state index contributed by atoms with van der Waals surface area (Å²) in [6.07, 6.45) is 2.72. The highest BCUT2D eigenvalue weighted by atomic mass is 16.5. The molecule has 1 saturated heterocycles. The van der Waals surface area contributed by atoms with E-state index < -0.39 is 0 Å². The van der Waals surface area contributed by atoms with Gasteiger partial charge < -0.3 is 19.8 Å². The van der Waals surface area contributed by atoms with Gasteiger partial charge in [0.1, 0.15) is 11.9 Å². The third kappa shape index (κ3) is 2.55. The highest BCUT2D eigenvalue weighted by Gasteiger charge is 2.33. The fourth-order valence-electron chi connectivity index (χ4n) is 5.90. The monoisotopic (exact) mass is 438 g/mol. The molecule has 0 saturated carbocycles. The van der Waals surface area contributed by atoms with Crippen LogP contribution in [0.2, 0.25) is 0 Å². The summed E-state index contributed by atoms with van der Waals surface area (Å²) in [5.41, 5.74) is 9.57. The van der Waals surface area contributed by atoms with Crippen LogP contribution >= 0.6 is 0 Å². The van der Waals surface area contributed by atoms with Gasteiger partial charge >= 0.3 is 5.97 Å². The molecule has 164 valence electrons. The molecule has 1 fully saturated rings. The van der Waals surface area contributed by atoms with Crippen molar-refractivity contribution in [3.63, 3.8) is 0 Å². The molecule has 0 bridgehead atoms. The topological polar surface area (TPSA) is 80.4 Å². The Hall–Kier alpha value is -3.80. The van der Waals surface area contributed by atoms with Gasteiger partial charge in [-0.25, -0.2) is 0 Å². The number of carbonyl (C=O) groups excluding carboxylic acids is 2. The van der Waals surface area contributed by atoms with Crippen molar-refractivity contribution in [2.75, 3.05) is 7.11 Å². The summed E-state index contributed by atoms with van der Waals surface area (Å²) >= 11 is 0. The van der Waals surface area contributed by atoms with Crippen molar-refractivity contribution in [1.82, 2.24) is 10.3 Å². The second kappa shape index (κ2) is 6.61. The Labute approximate surface area is 189 Å². The number of amides is 1. The molecule has 1 aliphatic carbocycles. The van der Waals surface area contributed by atoms with Gasteiger partial charge in [-0.05, 0) is 71.3 Å².